The maximum absolute atomic E-state index is 12.4. The number of amides is 2. The Kier molecular flexibility index (Phi) is 5.09. The highest BCUT2D eigenvalue weighted by atomic mass is 32.2. The molecule has 1 aromatic carbocycles. The third kappa shape index (κ3) is 4.10. The van der Waals surface area contributed by atoms with E-state index in [4.69, 9.17) is 0 Å². The van der Waals surface area contributed by atoms with Crippen LogP contribution in [0.1, 0.15) is 24.2 Å². The first kappa shape index (κ1) is 17.5. The highest BCUT2D eigenvalue weighted by molar-refractivity contribution is 7.90. The van der Waals surface area contributed by atoms with Gasteiger partial charge in [-0.15, -0.1) is 0 Å². The Hall–Kier alpha value is -1.89. The zero-order chi connectivity index (χ0) is 17.2. The van der Waals surface area contributed by atoms with Crippen LogP contribution in [-0.4, -0.2) is 62.5 Å². The molecular weight excluding hydrogens is 316 g/mol. The van der Waals surface area contributed by atoms with E-state index in [2.05, 4.69) is 0 Å². The van der Waals surface area contributed by atoms with Crippen LogP contribution in [0.3, 0.4) is 0 Å². The fourth-order valence-electron chi connectivity index (χ4n) is 2.52. The van der Waals surface area contributed by atoms with Gasteiger partial charge in [0.1, 0.15) is 0 Å². The normalized spacial score (nSPS) is 15.8. The third-order valence-electron chi connectivity index (χ3n) is 3.90. The molecule has 0 saturated carbocycles. The molecule has 7 heteroatoms. The van der Waals surface area contributed by atoms with Crippen LogP contribution >= 0.6 is 0 Å². The lowest BCUT2D eigenvalue weighted by Gasteiger charge is -2.35. The Morgan fingerprint density at radius 3 is 1.87 bits per heavy atom. The molecule has 1 fully saturated rings. The number of piperazine rings is 1. The molecule has 0 bridgehead atoms. The summed E-state index contributed by atoms with van der Waals surface area (Å²) in [5, 5.41) is 0. The lowest BCUT2D eigenvalue weighted by molar-refractivity contribution is -0.135. The fourth-order valence-corrected chi connectivity index (χ4v) is 3.15. The molecule has 2 amide bonds. The minimum absolute atomic E-state index is 0.0409. The van der Waals surface area contributed by atoms with Crippen molar-refractivity contribution < 1.29 is 18.0 Å². The van der Waals surface area contributed by atoms with Gasteiger partial charge < -0.3 is 9.80 Å². The van der Waals surface area contributed by atoms with E-state index in [1.165, 1.54) is 24.3 Å². The van der Waals surface area contributed by atoms with Gasteiger partial charge in [0.25, 0.3) is 5.91 Å². The summed E-state index contributed by atoms with van der Waals surface area (Å²) in [5.74, 6) is -0.0721. The number of rotatable bonds is 3. The van der Waals surface area contributed by atoms with E-state index in [1.54, 1.807) is 9.80 Å². The van der Waals surface area contributed by atoms with Crippen molar-refractivity contribution in [3.8, 4) is 0 Å². The van der Waals surface area contributed by atoms with E-state index in [1.807, 2.05) is 13.8 Å². The molecule has 0 unspecified atom stereocenters. The topological polar surface area (TPSA) is 74.8 Å². The zero-order valence-corrected chi connectivity index (χ0v) is 14.5. The van der Waals surface area contributed by atoms with Gasteiger partial charge in [-0.1, -0.05) is 13.8 Å². The molecule has 0 aliphatic carbocycles. The van der Waals surface area contributed by atoms with E-state index in [0.29, 0.717) is 31.7 Å². The van der Waals surface area contributed by atoms with Crippen LogP contribution in [0.4, 0.5) is 0 Å². The number of nitrogens with zero attached hydrogens (tertiary/aromatic N) is 2. The van der Waals surface area contributed by atoms with E-state index in [9.17, 15) is 18.0 Å². The number of carbonyl (C=O) groups excluding carboxylic acids is 2. The average molecular weight is 338 g/mol. The second-order valence-electron chi connectivity index (χ2n) is 6.07. The first-order valence-corrected chi connectivity index (χ1v) is 9.47. The van der Waals surface area contributed by atoms with E-state index in [0.717, 1.165) is 6.26 Å². The van der Waals surface area contributed by atoms with Gasteiger partial charge in [0.2, 0.25) is 5.91 Å². The molecule has 0 N–H and O–H groups in total. The van der Waals surface area contributed by atoms with Crippen molar-refractivity contribution in [1.29, 1.82) is 0 Å². The molecule has 6 nitrogen and oxygen atoms in total. The molecule has 1 aromatic rings. The molecular formula is C16H22N2O4S. The Bertz CT molecular complexity index is 687. The first-order valence-electron chi connectivity index (χ1n) is 7.58. The predicted molar refractivity (Wildman–Crippen MR) is 86.9 cm³/mol. The maximum Gasteiger partial charge on any atom is 0.253 e. The summed E-state index contributed by atoms with van der Waals surface area (Å²) in [4.78, 5) is 28.1. The number of hydrogen-bond donors (Lipinski definition) is 0. The van der Waals surface area contributed by atoms with Crippen molar-refractivity contribution in [1.82, 2.24) is 9.80 Å². The van der Waals surface area contributed by atoms with Gasteiger partial charge >= 0.3 is 0 Å². The van der Waals surface area contributed by atoms with Crippen LogP contribution in [0, 0.1) is 5.92 Å². The van der Waals surface area contributed by atoms with Crippen molar-refractivity contribution in [3.05, 3.63) is 29.8 Å². The summed E-state index contributed by atoms with van der Waals surface area (Å²) in [6.07, 6.45) is 1.13. The van der Waals surface area contributed by atoms with Gasteiger partial charge in [-0.3, -0.25) is 9.59 Å². The number of hydrogen-bond acceptors (Lipinski definition) is 4. The van der Waals surface area contributed by atoms with E-state index in [-0.39, 0.29) is 22.6 Å². The van der Waals surface area contributed by atoms with E-state index >= 15 is 0 Å². The Morgan fingerprint density at radius 2 is 1.43 bits per heavy atom. The zero-order valence-electron chi connectivity index (χ0n) is 13.7. The largest absolute Gasteiger partial charge is 0.339 e. The number of carbonyl (C=O) groups is 2. The summed E-state index contributed by atoms with van der Waals surface area (Å²) < 4.78 is 22.9. The summed E-state index contributed by atoms with van der Waals surface area (Å²) in [7, 11) is -3.26. The number of sulfone groups is 1. The molecule has 2 rings (SSSR count). The van der Waals surface area contributed by atoms with Gasteiger partial charge in [-0.25, -0.2) is 8.42 Å². The third-order valence-corrected chi connectivity index (χ3v) is 5.03. The second-order valence-corrected chi connectivity index (χ2v) is 8.08. The molecule has 1 heterocycles. The molecule has 0 radical (unpaired) electrons. The van der Waals surface area contributed by atoms with Crippen LogP contribution in [-0.2, 0) is 14.6 Å². The van der Waals surface area contributed by atoms with Crippen LogP contribution < -0.4 is 0 Å². The van der Waals surface area contributed by atoms with Crippen molar-refractivity contribution in [3.63, 3.8) is 0 Å². The SMILES string of the molecule is CC(C)C(=O)N1CCN(C(=O)c2ccc(S(C)(=O)=O)cc2)CC1. The molecule has 1 aliphatic rings. The Labute approximate surface area is 137 Å². The molecule has 23 heavy (non-hydrogen) atoms. The van der Waals surface area contributed by atoms with Crippen LogP contribution in [0.2, 0.25) is 0 Å². The molecule has 0 spiro atoms. The molecule has 126 valence electrons. The monoisotopic (exact) mass is 338 g/mol. The molecule has 1 saturated heterocycles. The van der Waals surface area contributed by atoms with Gasteiger partial charge in [-0.2, -0.15) is 0 Å². The summed E-state index contributed by atoms with van der Waals surface area (Å²) in [6, 6.07) is 5.96. The van der Waals surface area contributed by atoms with Gasteiger partial charge in [0.05, 0.1) is 4.90 Å². The molecule has 0 atom stereocenters. The minimum atomic E-state index is -3.26. The first-order chi connectivity index (χ1) is 10.7. The summed E-state index contributed by atoms with van der Waals surface area (Å²) in [5.41, 5.74) is 0.459. The van der Waals surface area contributed by atoms with Crippen molar-refractivity contribution >= 4 is 21.7 Å². The van der Waals surface area contributed by atoms with Crippen LogP contribution in [0.25, 0.3) is 0 Å². The van der Waals surface area contributed by atoms with Gasteiger partial charge in [-0.05, 0) is 24.3 Å². The van der Waals surface area contributed by atoms with Gasteiger partial charge in [0.15, 0.2) is 9.84 Å². The summed E-state index contributed by atoms with van der Waals surface area (Å²) in [6.45, 7) is 5.77. The average Bonchev–Trinajstić information content (AvgIpc) is 2.53. The smallest absolute Gasteiger partial charge is 0.253 e. The lowest BCUT2D eigenvalue weighted by Crippen LogP contribution is -2.51. The number of benzene rings is 1. The second kappa shape index (κ2) is 6.70. The molecule has 0 aromatic heterocycles. The Balaban J connectivity index is 2.01. The van der Waals surface area contributed by atoms with Gasteiger partial charge in [0, 0.05) is 43.9 Å². The minimum Gasteiger partial charge on any atom is -0.339 e. The maximum atomic E-state index is 12.4. The highest BCUT2D eigenvalue weighted by Gasteiger charge is 2.26. The lowest BCUT2D eigenvalue weighted by atomic mass is 10.1. The predicted octanol–water partition coefficient (Wildman–Crippen LogP) is 1.03. The van der Waals surface area contributed by atoms with E-state index < -0.39 is 9.84 Å². The fraction of sp³-hybridized carbons (Fsp3) is 0.500. The van der Waals surface area contributed by atoms with Crippen molar-refractivity contribution in [2.45, 2.75) is 18.7 Å². The quantitative estimate of drug-likeness (QED) is 0.825. The molecule has 1 aliphatic heterocycles. The van der Waals surface area contributed by atoms with Crippen LogP contribution in [0.15, 0.2) is 29.2 Å². The van der Waals surface area contributed by atoms with Crippen molar-refractivity contribution in [2.24, 2.45) is 5.92 Å². The summed E-state index contributed by atoms with van der Waals surface area (Å²) >= 11 is 0. The highest BCUT2D eigenvalue weighted by Crippen LogP contribution is 2.14. The standard InChI is InChI=1S/C16H22N2O4S/c1-12(2)15(19)17-8-10-18(11-9-17)16(20)13-4-6-14(7-5-13)23(3,21)22/h4-7,12H,8-11H2,1-3H3. The van der Waals surface area contributed by atoms with Crippen LogP contribution in [0.5, 0.6) is 0 Å². The Morgan fingerprint density at radius 1 is 0.957 bits per heavy atom. The van der Waals surface area contributed by atoms with Crippen molar-refractivity contribution in [2.75, 3.05) is 32.4 Å².